The van der Waals surface area contributed by atoms with Crippen LogP contribution in [0.4, 0.5) is 5.95 Å². The number of aromatic nitrogens is 4. The maximum Gasteiger partial charge on any atom is 0.245 e. The largest absolute Gasteiger partial charge is 0.364 e. The summed E-state index contributed by atoms with van der Waals surface area (Å²) in [5, 5.41) is 10.9. The number of H-pyrrole nitrogens is 1. The van der Waals surface area contributed by atoms with Gasteiger partial charge in [0, 0.05) is 24.7 Å². The Labute approximate surface area is 104 Å². The van der Waals surface area contributed by atoms with Crippen molar-refractivity contribution in [3.63, 3.8) is 0 Å². The van der Waals surface area contributed by atoms with E-state index in [4.69, 9.17) is 10.3 Å². The van der Waals surface area contributed by atoms with E-state index in [2.05, 4.69) is 32.2 Å². The molecule has 18 heavy (non-hydrogen) atoms. The summed E-state index contributed by atoms with van der Waals surface area (Å²) in [6.45, 7) is 3.04. The maximum atomic E-state index is 6.07. The first kappa shape index (κ1) is 11.2. The second-order valence-electron chi connectivity index (χ2n) is 4.61. The minimum Gasteiger partial charge on any atom is -0.364 e. The average Bonchev–Trinajstić information content (AvgIpc) is 3.01. The zero-order valence-electron chi connectivity index (χ0n) is 10.2. The zero-order chi connectivity index (χ0) is 12.5. The molecule has 2 aromatic heterocycles. The van der Waals surface area contributed by atoms with Crippen molar-refractivity contribution in [2.75, 3.05) is 11.4 Å². The van der Waals surface area contributed by atoms with Gasteiger partial charge in [0.1, 0.15) is 6.26 Å². The molecule has 1 aliphatic rings. The lowest BCUT2D eigenvalue weighted by Gasteiger charge is -2.36. The van der Waals surface area contributed by atoms with E-state index in [1.54, 1.807) is 6.07 Å². The predicted octanol–water partition coefficient (Wildman–Crippen LogP) is 0.776. The molecule has 3 N–H and O–H groups in total. The molecule has 1 fully saturated rings. The number of piperidine rings is 1. The number of nitrogens with zero attached hydrogens (tertiary/aromatic N) is 4. The van der Waals surface area contributed by atoms with Crippen LogP contribution in [0.15, 0.2) is 16.9 Å². The fraction of sp³-hybridized carbons (Fsp3) is 0.545. The average molecular weight is 248 g/mol. The van der Waals surface area contributed by atoms with Gasteiger partial charge in [0.15, 0.2) is 11.5 Å². The van der Waals surface area contributed by atoms with Crippen molar-refractivity contribution in [1.82, 2.24) is 20.3 Å². The molecule has 0 spiro atoms. The van der Waals surface area contributed by atoms with Crippen LogP contribution in [0.25, 0.3) is 11.5 Å². The minimum atomic E-state index is 0.174. The molecule has 7 nitrogen and oxygen atoms in total. The van der Waals surface area contributed by atoms with Crippen molar-refractivity contribution in [3.8, 4) is 11.5 Å². The van der Waals surface area contributed by atoms with Gasteiger partial charge >= 0.3 is 0 Å². The van der Waals surface area contributed by atoms with Crippen LogP contribution in [0.3, 0.4) is 0 Å². The molecular weight excluding hydrogens is 232 g/mol. The molecule has 1 saturated heterocycles. The Morgan fingerprint density at radius 1 is 1.56 bits per heavy atom. The molecule has 2 atom stereocenters. The molecule has 7 heteroatoms. The van der Waals surface area contributed by atoms with Gasteiger partial charge in [-0.25, -0.2) is 0 Å². The molecule has 1 aliphatic heterocycles. The Balaban J connectivity index is 1.84. The maximum absolute atomic E-state index is 6.07. The summed E-state index contributed by atoms with van der Waals surface area (Å²) in [5.74, 6) is 1.29. The third-order valence-corrected chi connectivity index (χ3v) is 3.46. The molecule has 3 rings (SSSR count). The molecular formula is C11H16N6O. The van der Waals surface area contributed by atoms with Crippen LogP contribution >= 0.6 is 0 Å². The van der Waals surface area contributed by atoms with Crippen LogP contribution in [0, 0.1) is 0 Å². The minimum absolute atomic E-state index is 0.174. The normalized spacial score (nSPS) is 24.4. The SMILES string of the molecule is CC1C(N)CCCN1c1n[nH]c(-c2ccon2)n1. The van der Waals surface area contributed by atoms with Crippen LogP contribution in [0.5, 0.6) is 0 Å². The van der Waals surface area contributed by atoms with E-state index in [1.165, 1.54) is 6.26 Å². The van der Waals surface area contributed by atoms with Gasteiger partial charge in [-0.2, -0.15) is 4.98 Å². The van der Waals surface area contributed by atoms with Crippen molar-refractivity contribution in [3.05, 3.63) is 12.3 Å². The van der Waals surface area contributed by atoms with E-state index >= 15 is 0 Å². The number of aromatic amines is 1. The van der Waals surface area contributed by atoms with Crippen molar-refractivity contribution < 1.29 is 4.52 Å². The highest BCUT2D eigenvalue weighted by molar-refractivity contribution is 5.50. The zero-order valence-corrected chi connectivity index (χ0v) is 10.2. The molecule has 3 heterocycles. The number of nitrogens with one attached hydrogen (secondary N) is 1. The molecule has 2 unspecified atom stereocenters. The Kier molecular flexibility index (Phi) is 2.75. The van der Waals surface area contributed by atoms with Gasteiger partial charge in [-0.3, -0.25) is 5.10 Å². The Bertz CT molecular complexity index is 507. The fourth-order valence-electron chi connectivity index (χ4n) is 2.29. The molecule has 0 aliphatic carbocycles. The molecule has 0 radical (unpaired) electrons. The van der Waals surface area contributed by atoms with Gasteiger partial charge in [0.2, 0.25) is 5.95 Å². The quantitative estimate of drug-likeness (QED) is 0.815. The number of nitrogens with two attached hydrogens (primary N) is 1. The topological polar surface area (TPSA) is 96.9 Å². The first-order valence-electron chi connectivity index (χ1n) is 6.11. The summed E-state index contributed by atoms with van der Waals surface area (Å²) in [6.07, 6.45) is 3.63. The summed E-state index contributed by atoms with van der Waals surface area (Å²) in [4.78, 5) is 6.58. The second kappa shape index (κ2) is 4.41. The smallest absolute Gasteiger partial charge is 0.245 e. The summed E-state index contributed by atoms with van der Waals surface area (Å²) in [6, 6.07) is 2.17. The van der Waals surface area contributed by atoms with E-state index in [0.717, 1.165) is 19.4 Å². The summed E-state index contributed by atoms with van der Waals surface area (Å²) < 4.78 is 4.79. The van der Waals surface area contributed by atoms with Crippen LogP contribution < -0.4 is 10.6 Å². The van der Waals surface area contributed by atoms with Gasteiger partial charge in [0.05, 0.1) is 0 Å². The van der Waals surface area contributed by atoms with Gasteiger partial charge in [-0.15, -0.1) is 5.10 Å². The Morgan fingerprint density at radius 2 is 2.44 bits per heavy atom. The summed E-state index contributed by atoms with van der Waals surface area (Å²) in [5.41, 5.74) is 6.73. The highest BCUT2D eigenvalue weighted by atomic mass is 16.5. The van der Waals surface area contributed by atoms with Crippen LogP contribution in [0.1, 0.15) is 19.8 Å². The van der Waals surface area contributed by atoms with Crippen molar-refractivity contribution in [2.45, 2.75) is 31.8 Å². The lowest BCUT2D eigenvalue weighted by Crippen LogP contribution is -2.50. The molecule has 96 valence electrons. The highest BCUT2D eigenvalue weighted by Crippen LogP contribution is 2.22. The first-order chi connectivity index (χ1) is 8.75. The van der Waals surface area contributed by atoms with E-state index in [9.17, 15) is 0 Å². The third kappa shape index (κ3) is 1.86. The molecule has 0 saturated carbocycles. The molecule has 2 aromatic rings. The van der Waals surface area contributed by atoms with Crippen molar-refractivity contribution in [1.29, 1.82) is 0 Å². The van der Waals surface area contributed by atoms with Crippen LogP contribution in [0.2, 0.25) is 0 Å². The summed E-state index contributed by atoms with van der Waals surface area (Å²) in [7, 11) is 0. The first-order valence-corrected chi connectivity index (χ1v) is 6.11. The Hall–Kier alpha value is -1.89. The summed E-state index contributed by atoms with van der Waals surface area (Å²) >= 11 is 0. The predicted molar refractivity (Wildman–Crippen MR) is 65.9 cm³/mol. The fourth-order valence-corrected chi connectivity index (χ4v) is 2.29. The Morgan fingerprint density at radius 3 is 3.22 bits per heavy atom. The molecule has 0 aromatic carbocycles. The number of hydrogen-bond donors (Lipinski definition) is 2. The highest BCUT2D eigenvalue weighted by Gasteiger charge is 2.27. The van der Waals surface area contributed by atoms with Crippen molar-refractivity contribution in [2.24, 2.45) is 5.73 Å². The monoisotopic (exact) mass is 248 g/mol. The lowest BCUT2D eigenvalue weighted by atomic mass is 9.99. The third-order valence-electron chi connectivity index (χ3n) is 3.46. The van der Waals surface area contributed by atoms with E-state index in [-0.39, 0.29) is 12.1 Å². The lowest BCUT2D eigenvalue weighted by molar-refractivity contribution is 0.415. The molecule has 0 bridgehead atoms. The van der Waals surface area contributed by atoms with Gasteiger partial charge < -0.3 is 15.2 Å². The standard InChI is InChI=1S/C11H16N6O/c1-7-8(12)3-2-5-17(7)11-13-10(14-15-11)9-4-6-18-16-9/h4,6-8H,2-3,5,12H2,1H3,(H,13,14,15). The molecule has 0 amide bonds. The second-order valence-corrected chi connectivity index (χ2v) is 4.61. The van der Waals surface area contributed by atoms with E-state index < -0.39 is 0 Å². The van der Waals surface area contributed by atoms with Gasteiger partial charge in [-0.05, 0) is 19.8 Å². The number of hydrogen-bond acceptors (Lipinski definition) is 6. The van der Waals surface area contributed by atoms with E-state index in [1.807, 2.05) is 0 Å². The number of rotatable bonds is 2. The van der Waals surface area contributed by atoms with Crippen LogP contribution in [-0.4, -0.2) is 39.0 Å². The van der Waals surface area contributed by atoms with Crippen molar-refractivity contribution >= 4 is 5.95 Å². The van der Waals surface area contributed by atoms with E-state index in [0.29, 0.717) is 17.5 Å². The van der Waals surface area contributed by atoms with Gasteiger partial charge in [0.25, 0.3) is 0 Å². The van der Waals surface area contributed by atoms with Crippen LogP contribution in [-0.2, 0) is 0 Å². The van der Waals surface area contributed by atoms with Gasteiger partial charge in [-0.1, -0.05) is 5.16 Å². The number of anilines is 1.